The maximum Gasteiger partial charge on any atom is 0.242 e. The first-order chi connectivity index (χ1) is 11.7. The first kappa shape index (κ1) is 16.7. The second-order valence-corrected chi connectivity index (χ2v) is 6.68. The monoisotopic (exact) mass is 326 g/mol. The van der Waals surface area contributed by atoms with Gasteiger partial charge in [-0.1, -0.05) is 13.0 Å². The second-order valence-electron chi connectivity index (χ2n) is 6.68. The summed E-state index contributed by atoms with van der Waals surface area (Å²) in [4.78, 5) is 23.3. The zero-order valence-electron chi connectivity index (χ0n) is 14.6. The number of likely N-dealkylation sites (tertiary alicyclic amines) is 1. The van der Waals surface area contributed by atoms with Crippen LogP contribution in [0.5, 0.6) is 0 Å². The van der Waals surface area contributed by atoms with E-state index < -0.39 is 0 Å². The number of imidazole rings is 1. The third-order valence-electron chi connectivity index (χ3n) is 4.79. The Kier molecular flexibility index (Phi) is 5.28. The summed E-state index contributed by atoms with van der Waals surface area (Å²) in [6.45, 7) is 6.20. The number of piperidine rings is 1. The van der Waals surface area contributed by atoms with Crippen molar-refractivity contribution in [3.63, 3.8) is 0 Å². The molecule has 1 atom stereocenters. The van der Waals surface area contributed by atoms with Crippen molar-refractivity contribution in [2.75, 3.05) is 13.1 Å². The van der Waals surface area contributed by atoms with Crippen LogP contribution in [0.4, 0.5) is 0 Å². The van der Waals surface area contributed by atoms with Crippen molar-refractivity contribution in [3.05, 3.63) is 47.8 Å². The Labute approximate surface area is 143 Å². The molecule has 3 rings (SSSR count). The van der Waals surface area contributed by atoms with Gasteiger partial charge >= 0.3 is 0 Å². The fraction of sp³-hybridized carbons (Fsp3) is 0.526. The van der Waals surface area contributed by atoms with Gasteiger partial charge in [-0.3, -0.25) is 9.78 Å². The molecule has 0 radical (unpaired) electrons. The smallest absolute Gasteiger partial charge is 0.242 e. The molecule has 0 bridgehead atoms. The summed E-state index contributed by atoms with van der Waals surface area (Å²) in [6, 6.07) is 4.22. The van der Waals surface area contributed by atoms with Crippen LogP contribution in [0.3, 0.4) is 0 Å². The molecule has 0 saturated carbocycles. The first-order valence-corrected chi connectivity index (χ1v) is 8.85. The van der Waals surface area contributed by atoms with E-state index in [1.165, 1.54) is 12.0 Å². The number of hydrogen-bond donors (Lipinski definition) is 0. The Morgan fingerprint density at radius 3 is 2.96 bits per heavy atom. The van der Waals surface area contributed by atoms with Crippen molar-refractivity contribution in [1.82, 2.24) is 19.4 Å². The minimum absolute atomic E-state index is 0.203. The Morgan fingerprint density at radius 2 is 2.21 bits per heavy atom. The largest absolute Gasteiger partial charge is 0.341 e. The average molecular weight is 326 g/mol. The van der Waals surface area contributed by atoms with Gasteiger partial charge in [-0.05, 0) is 43.7 Å². The van der Waals surface area contributed by atoms with E-state index in [0.29, 0.717) is 12.5 Å². The zero-order chi connectivity index (χ0) is 16.9. The summed E-state index contributed by atoms with van der Waals surface area (Å²) < 4.78 is 1.97. The fourth-order valence-electron chi connectivity index (χ4n) is 3.45. The van der Waals surface area contributed by atoms with E-state index in [9.17, 15) is 4.79 Å². The molecule has 24 heavy (non-hydrogen) atoms. The lowest BCUT2D eigenvalue weighted by Gasteiger charge is -2.33. The standard InChI is InChI=1S/C19H26N4O/c1-3-18-20-8-10-22(18)14-19(24)23-9-4-5-17(13-23)11-16-7-6-15(2)21-12-16/h6-8,10,12,17H,3-5,9,11,13-14H2,1-2H3/t17-/m0/s1. The van der Waals surface area contributed by atoms with Crippen molar-refractivity contribution in [2.24, 2.45) is 5.92 Å². The van der Waals surface area contributed by atoms with Gasteiger partial charge in [-0.25, -0.2) is 4.98 Å². The molecular formula is C19H26N4O. The normalized spacial score (nSPS) is 17.9. The number of carbonyl (C=O) groups is 1. The molecule has 1 amide bonds. The molecule has 2 aromatic rings. The Hall–Kier alpha value is -2.17. The van der Waals surface area contributed by atoms with E-state index in [0.717, 1.165) is 43.9 Å². The van der Waals surface area contributed by atoms with E-state index in [4.69, 9.17) is 0 Å². The summed E-state index contributed by atoms with van der Waals surface area (Å²) >= 11 is 0. The molecule has 0 unspecified atom stereocenters. The lowest BCUT2D eigenvalue weighted by Crippen LogP contribution is -2.42. The van der Waals surface area contributed by atoms with Gasteiger partial charge in [0.1, 0.15) is 12.4 Å². The molecule has 5 nitrogen and oxygen atoms in total. The quantitative estimate of drug-likeness (QED) is 0.849. The van der Waals surface area contributed by atoms with Gasteiger partial charge in [0.05, 0.1) is 0 Å². The highest BCUT2D eigenvalue weighted by atomic mass is 16.2. The molecular weight excluding hydrogens is 300 g/mol. The Morgan fingerprint density at radius 1 is 1.33 bits per heavy atom. The topological polar surface area (TPSA) is 51.0 Å². The molecule has 0 aromatic carbocycles. The highest BCUT2D eigenvalue weighted by molar-refractivity contribution is 5.76. The molecule has 2 aromatic heterocycles. The second kappa shape index (κ2) is 7.60. The predicted molar refractivity (Wildman–Crippen MR) is 93.6 cm³/mol. The van der Waals surface area contributed by atoms with Crippen LogP contribution in [-0.4, -0.2) is 38.4 Å². The third-order valence-corrected chi connectivity index (χ3v) is 4.79. The predicted octanol–water partition coefficient (Wildman–Crippen LogP) is 2.63. The molecule has 1 aliphatic rings. The molecule has 1 fully saturated rings. The van der Waals surface area contributed by atoms with E-state index in [2.05, 4.69) is 29.0 Å². The van der Waals surface area contributed by atoms with Gasteiger partial charge in [0, 0.05) is 43.8 Å². The molecule has 0 aliphatic carbocycles. The number of rotatable bonds is 5. The number of aryl methyl sites for hydroxylation is 2. The number of pyridine rings is 1. The van der Waals surface area contributed by atoms with E-state index >= 15 is 0 Å². The van der Waals surface area contributed by atoms with Crippen LogP contribution in [0.2, 0.25) is 0 Å². The number of amides is 1. The van der Waals surface area contributed by atoms with Crippen molar-refractivity contribution in [2.45, 2.75) is 46.1 Å². The van der Waals surface area contributed by atoms with Crippen LogP contribution < -0.4 is 0 Å². The zero-order valence-corrected chi connectivity index (χ0v) is 14.6. The summed E-state index contributed by atoms with van der Waals surface area (Å²) in [5.74, 6) is 1.71. The van der Waals surface area contributed by atoms with Crippen molar-refractivity contribution in [1.29, 1.82) is 0 Å². The van der Waals surface area contributed by atoms with E-state index in [-0.39, 0.29) is 5.91 Å². The number of carbonyl (C=O) groups excluding carboxylic acids is 1. The number of nitrogens with zero attached hydrogens (tertiary/aromatic N) is 4. The lowest BCUT2D eigenvalue weighted by atomic mass is 9.92. The van der Waals surface area contributed by atoms with Crippen LogP contribution in [0, 0.1) is 12.8 Å². The Balaban J connectivity index is 1.58. The first-order valence-electron chi connectivity index (χ1n) is 8.85. The number of hydrogen-bond acceptors (Lipinski definition) is 3. The van der Waals surface area contributed by atoms with E-state index in [1.54, 1.807) is 6.20 Å². The van der Waals surface area contributed by atoms with Crippen LogP contribution in [-0.2, 0) is 24.2 Å². The van der Waals surface area contributed by atoms with Crippen molar-refractivity contribution < 1.29 is 4.79 Å². The van der Waals surface area contributed by atoms with Crippen molar-refractivity contribution >= 4 is 5.91 Å². The average Bonchev–Trinajstić information content (AvgIpc) is 3.04. The molecule has 5 heteroatoms. The summed E-state index contributed by atoms with van der Waals surface area (Å²) in [5, 5.41) is 0. The van der Waals surface area contributed by atoms with Crippen LogP contribution in [0.15, 0.2) is 30.7 Å². The molecule has 128 valence electrons. The number of aromatic nitrogens is 3. The van der Waals surface area contributed by atoms with Crippen molar-refractivity contribution in [3.8, 4) is 0 Å². The highest BCUT2D eigenvalue weighted by Gasteiger charge is 2.24. The van der Waals surface area contributed by atoms with Gasteiger partial charge in [0.15, 0.2) is 0 Å². The highest BCUT2D eigenvalue weighted by Crippen LogP contribution is 2.21. The minimum atomic E-state index is 0.203. The molecule has 0 spiro atoms. The van der Waals surface area contributed by atoms with Gasteiger partial charge in [0.25, 0.3) is 0 Å². The summed E-state index contributed by atoms with van der Waals surface area (Å²) in [6.07, 6.45) is 9.76. The summed E-state index contributed by atoms with van der Waals surface area (Å²) in [5.41, 5.74) is 2.31. The maximum absolute atomic E-state index is 12.6. The molecule has 1 aliphatic heterocycles. The van der Waals surface area contributed by atoms with Gasteiger partial charge in [0.2, 0.25) is 5.91 Å². The maximum atomic E-state index is 12.6. The summed E-state index contributed by atoms with van der Waals surface area (Å²) in [7, 11) is 0. The third kappa shape index (κ3) is 4.02. The molecule has 0 N–H and O–H groups in total. The van der Waals surface area contributed by atoms with Crippen LogP contribution in [0.1, 0.15) is 36.8 Å². The van der Waals surface area contributed by atoms with Crippen LogP contribution >= 0.6 is 0 Å². The SMILES string of the molecule is CCc1nccn1CC(=O)N1CCC[C@@H](Cc2ccc(C)nc2)C1. The van der Waals surface area contributed by atoms with Gasteiger partial charge < -0.3 is 9.47 Å². The molecule has 1 saturated heterocycles. The van der Waals surface area contributed by atoms with Gasteiger partial charge in [-0.2, -0.15) is 0 Å². The van der Waals surface area contributed by atoms with Crippen LogP contribution in [0.25, 0.3) is 0 Å². The van der Waals surface area contributed by atoms with Gasteiger partial charge in [-0.15, -0.1) is 0 Å². The molecule has 3 heterocycles. The fourth-order valence-corrected chi connectivity index (χ4v) is 3.45. The lowest BCUT2D eigenvalue weighted by molar-refractivity contribution is -0.133. The Bertz CT molecular complexity index is 677. The minimum Gasteiger partial charge on any atom is -0.341 e. The van der Waals surface area contributed by atoms with E-state index in [1.807, 2.05) is 28.8 Å².